The van der Waals surface area contributed by atoms with Gasteiger partial charge in [0, 0.05) is 13.6 Å². The molecule has 0 aromatic rings. The van der Waals surface area contributed by atoms with E-state index in [0.29, 0.717) is 13.0 Å². The van der Waals surface area contributed by atoms with Crippen LogP contribution in [0.15, 0.2) is 0 Å². The van der Waals surface area contributed by atoms with Crippen molar-refractivity contribution < 1.29 is 17.7 Å². The van der Waals surface area contributed by atoms with Crippen molar-refractivity contribution in [3.63, 3.8) is 0 Å². The lowest BCUT2D eigenvalue weighted by Gasteiger charge is -2.22. The summed E-state index contributed by atoms with van der Waals surface area (Å²) in [5, 5.41) is 2.45. The Morgan fingerprint density at radius 3 is 2.71 bits per heavy atom. The number of likely N-dealkylation sites (tertiary alicyclic amines) is 1. The maximum absolute atomic E-state index is 12.0. The second kappa shape index (κ2) is 4.21. The van der Waals surface area contributed by atoms with Crippen LogP contribution < -0.4 is 5.32 Å². The number of hydrogen-bond donors (Lipinski definition) is 1. The van der Waals surface area contributed by atoms with Gasteiger partial charge in [-0.2, -0.15) is 0 Å². The van der Waals surface area contributed by atoms with E-state index in [-0.39, 0.29) is 18.4 Å². The van der Waals surface area contributed by atoms with Crippen LogP contribution in [0.4, 0.5) is 12.9 Å². The fourth-order valence-corrected chi connectivity index (χ4v) is 1.71. The molecule has 1 saturated heterocycles. The zero-order valence-corrected chi connectivity index (χ0v) is 7.97. The zero-order chi connectivity index (χ0) is 10.8. The van der Waals surface area contributed by atoms with Crippen molar-refractivity contribution in [2.24, 2.45) is 5.92 Å². The van der Waals surface area contributed by atoms with E-state index in [1.807, 2.05) is 0 Å². The highest BCUT2D eigenvalue weighted by Crippen LogP contribution is 2.19. The molecule has 1 fully saturated rings. The predicted octanol–water partition coefficient (Wildman–Crippen LogP) is 0.441. The average molecular weight is 209 g/mol. The topological polar surface area (TPSA) is 32.3 Å². The van der Waals surface area contributed by atoms with Gasteiger partial charge in [-0.05, 0) is 19.4 Å². The Balaban J connectivity index is 2.38. The molecular weight excluding hydrogens is 196 g/mol. The van der Waals surface area contributed by atoms with Crippen LogP contribution in [0.5, 0.6) is 0 Å². The second-order valence-corrected chi connectivity index (χ2v) is 3.57. The number of carbonyl (C=O) groups excluding carboxylic acids is 1. The highest BCUT2D eigenvalue weighted by molar-refractivity contribution is 6.58. The van der Waals surface area contributed by atoms with E-state index >= 15 is 0 Å². The third-order valence-electron chi connectivity index (χ3n) is 2.35. The molecule has 0 bridgehead atoms. The number of rotatable bonds is 3. The smallest absolute Gasteiger partial charge is 0.448 e. The Morgan fingerprint density at radius 2 is 2.21 bits per heavy atom. The van der Waals surface area contributed by atoms with Gasteiger partial charge in [-0.3, -0.25) is 4.79 Å². The minimum absolute atomic E-state index is 0.165. The molecule has 1 aliphatic rings. The summed E-state index contributed by atoms with van der Waals surface area (Å²) >= 11 is 0. The van der Waals surface area contributed by atoms with Gasteiger partial charge in [0.15, 0.2) is 0 Å². The zero-order valence-electron chi connectivity index (χ0n) is 7.97. The fraction of sp³-hybridized carbons (Fsp3) is 0.857. The number of nitrogens with zero attached hydrogens (tertiary/aromatic N) is 1. The third kappa shape index (κ3) is 3.21. The molecule has 0 aliphatic carbocycles. The number of carbonyl (C=O) groups is 1. The summed E-state index contributed by atoms with van der Waals surface area (Å²) in [6, 6.07) is 0. The van der Waals surface area contributed by atoms with Crippen molar-refractivity contribution in [2.75, 3.05) is 26.6 Å². The quantitative estimate of drug-likeness (QED) is 0.684. The SMILES string of the molecule is CNC(=O)C1CCN(C[B-](F)(F)F)C1. The molecule has 1 aliphatic heterocycles. The molecule has 14 heavy (non-hydrogen) atoms. The molecule has 0 aromatic heterocycles. The van der Waals surface area contributed by atoms with E-state index in [2.05, 4.69) is 5.32 Å². The molecule has 7 heteroatoms. The number of hydrogen-bond acceptors (Lipinski definition) is 2. The van der Waals surface area contributed by atoms with Crippen LogP contribution >= 0.6 is 0 Å². The Hall–Kier alpha value is -0.715. The molecule has 3 nitrogen and oxygen atoms in total. The van der Waals surface area contributed by atoms with Crippen LogP contribution in [0, 0.1) is 5.92 Å². The van der Waals surface area contributed by atoms with Crippen molar-refractivity contribution in [3.05, 3.63) is 0 Å². The van der Waals surface area contributed by atoms with Gasteiger partial charge in [-0.25, -0.2) is 0 Å². The summed E-state index contributed by atoms with van der Waals surface area (Å²) < 4.78 is 36.1. The molecule has 1 rings (SSSR count). The van der Waals surface area contributed by atoms with Crippen LogP contribution in [-0.4, -0.2) is 44.4 Å². The first-order valence-corrected chi connectivity index (χ1v) is 4.57. The van der Waals surface area contributed by atoms with E-state index in [0.717, 1.165) is 0 Å². The largest absolute Gasteiger partial charge is 0.492 e. The second-order valence-electron chi connectivity index (χ2n) is 3.57. The average Bonchev–Trinajstić information content (AvgIpc) is 2.48. The number of halogens is 3. The fourth-order valence-electron chi connectivity index (χ4n) is 1.71. The van der Waals surface area contributed by atoms with Crippen molar-refractivity contribution in [1.82, 2.24) is 10.2 Å². The van der Waals surface area contributed by atoms with E-state index in [9.17, 15) is 17.7 Å². The standard InChI is InChI=1S/C7H13BF3N2O/c1-12-7(14)6-2-3-13(4-6)5-8(9,10)11/h6H,2-5H2,1H3,(H,12,14)/q-1. The van der Waals surface area contributed by atoms with E-state index in [1.54, 1.807) is 0 Å². The summed E-state index contributed by atoms with van der Waals surface area (Å²) in [5.41, 5.74) is 0. The van der Waals surface area contributed by atoms with Gasteiger partial charge in [-0.1, -0.05) is 0 Å². The summed E-state index contributed by atoms with van der Waals surface area (Å²) in [4.78, 5) is 12.4. The lowest BCUT2D eigenvalue weighted by atomic mass is 9.91. The van der Waals surface area contributed by atoms with Crippen molar-refractivity contribution in [1.29, 1.82) is 0 Å². The molecule has 0 spiro atoms. The van der Waals surface area contributed by atoms with E-state index < -0.39 is 13.4 Å². The molecule has 1 atom stereocenters. The Labute approximate surface area is 80.7 Å². The van der Waals surface area contributed by atoms with Crippen LogP contribution in [0.3, 0.4) is 0 Å². The van der Waals surface area contributed by atoms with Crippen LogP contribution in [-0.2, 0) is 4.79 Å². The molecule has 1 heterocycles. The van der Waals surface area contributed by atoms with E-state index in [1.165, 1.54) is 11.9 Å². The van der Waals surface area contributed by atoms with Crippen molar-refractivity contribution in [2.45, 2.75) is 6.42 Å². The molecule has 0 saturated carbocycles. The van der Waals surface area contributed by atoms with Crippen LogP contribution in [0.25, 0.3) is 0 Å². The van der Waals surface area contributed by atoms with Crippen molar-refractivity contribution >= 4 is 12.9 Å². The molecule has 1 N–H and O–H groups in total. The first-order chi connectivity index (χ1) is 6.42. The third-order valence-corrected chi connectivity index (χ3v) is 2.35. The summed E-state index contributed by atoms with van der Waals surface area (Å²) in [6.07, 6.45) is -0.334. The summed E-state index contributed by atoms with van der Waals surface area (Å²) in [6.45, 7) is -4.19. The summed E-state index contributed by atoms with van der Waals surface area (Å²) in [7, 11) is 1.50. The number of nitrogens with one attached hydrogen (secondary N) is 1. The Kier molecular flexibility index (Phi) is 3.41. The maximum atomic E-state index is 12.0. The summed E-state index contributed by atoms with van der Waals surface area (Å²) in [5.74, 6) is -0.444. The highest BCUT2D eigenvalue weighted by Gasteiger charge is 2.33. The first kappa shape index (κ1) is 11.4. The first-order valence-electron chi connectivity index (χ1n) is 4.57. The minimum atomic E-state index is -4.77. The van der Waals surface area contributed by atoms with Gasteiger partial charge < -0.3 is 23.2 Å². The van der Waals surface area contributed by atoms with Gasteiger partial charge in [0.2, 0.25) is 5.91 Å². The van der Waals surface area contributed by atoms with E-state index in [4.69, 9.17) is 0 Å². The number of amides is 1. The predicted molar refractivity (Wildman–Crippen MR) is 47.7 cm³/mol. The molecule has 0 aromatic carbocycles. The van der Waals surface area contributed by atoms with Gasteiger partial charge in [-0.15, -0.1) is 0 Å². The normalized spacial score (nSPS) is 23.9. The van der Waals surface area contributed by atoms with Gasteiger partial charge in [0.05, 0.1) is 5.92 Å². The maximum Gasteiger partial charge on any atom is 0.492 e. The Bertz CT molecular complexity index is 221. The van der Waals surface area contributed by atoms with Crippen LogP contribution in [0.2, 0.25) is 0 Å². The monoisotopic (exact) mass is 209 g/mol. The molecule has 1 amide bonds. The highest BCUT2D eigenvalue weighted by atomic mass is 19.4. The molecular formula is C7H13BF3N2O-. The lowest BCUT2D eigenvalue weighted by Crippen LogP contribution is -2.38. The van der Waals surface area contributed by atoms with Crippen LogP contribution in [0.1, 0.15) is 6.42 Å². The minimum Gasteiger partial charge on any atom is -0.448 e. The van der Waals surface area contributed by atoms with Gasteiger partial charge in [0.1, 0.15) is 0 Å². The van der Waals surface area contributed by atoms with Gasteiger partial charge in [0.25, 0.3) is 0 Å². The van der Waals surface area contributed by atoms with Crippen molar-refractivity contribution in [3.8, 4) is 0 Å². The molecule has 1 unspecified atom stereocenters. The molecule has 82 valence electrons. The van der Waals surface area contributed by atoms with Gasteiger partial charge >= 0.3 is 6.98 Å². The Morgan fingerprint density at radius 1 is 1.57 bits per heavy atom. The molecule has 0 radical (unpaired) electrons. The lowest BCUT2D eigenvalue weighted by molar-refractivity contribution is -0.124.